The molecule has 3 heterocycles. The summed E-state index contributed by atoms with van der Waals surface area (Å²) in [6.45, 7) is 5.67. The molecule has 2 aromatic heterocycles. The highest BCUT2D eigenvalue weighted by atomic mass is 19.1. The van der Waals surface area contributed by atoms with Gasteiger partial charge in [0.1, 0.15) is 17.6 Å². The third kappa shape index (κ3) is 4.05. The Morgan fingerprint density at radius 3 is 2.90 bits per heavy atom. The molecule has 1 saturated heterocycles. The highest BCUT2D eigenvalue weighted by Crippen LogP contribution is 2.32. The summed E-state index contributed by atoms with van der Waals surface area (Å²) in [4.78, 5) is 19.7. The average molecular weight is 424 g/mol. The summed E-state index contributed by atoms with van der Waals surface area (Å²) < 4.78 is 19.9. The number of aryl methyl sites for hydroxylation is 1. The Kier molecular flexibility index (Phi) is 5.79. The van der Waals surface area contributed by atoms with E-state index in [0.29, 0.717) is 37.4 Å². The smallest absolute Gasteiger partial charge is 0.253 e. The number of ether oxygens (including phenoxy) is 1. The molecule has 1 amide bonds. The van der Waals surface area contributed by atoms with Crippen molar-refractivity contribution in [1.29, 1.82) is 5.26 Å². The molecule has 3 N–H and O–H groups in total. The van der Waals surface area contributed by atoms with Crippen LogP contribution in [-0.4, -0.2) is 70.5 Å². The molecule has 0 saturated carbocycles. The first-order valence-corrected chi connectivity index (χ1v) is 9.85. The zero-order valence-corrected chi connectivity index (χ0v) is 16.9. The Morgan fingerprint density at radius 1 is 1.42 bits per heavy atom. The van der Waals surface area contributed by atoms with Crippen LogP contribution in [0.5, 0.6) is 5.75 Å². The summed E-state index contributed by atoms with van der Waals surface area (Å²) in [7, 11) is 0. The third-order valence-electron chi connectivity index (χ3n) is 5.25. The van der Waals surface area contributed by atoms with Gasteiger partial charge in [-0.1, -0.05) is 0 Å². The number of nitrogens with one attached hydrogen (secondary N) is 2. The van der Waals surface area contributed by atoms with Crippen LogP contribution in [0, 0.1) is 24.1 Å². The quantitative estimate of drug-likeness (QED) is 0.569. The fourth-order valence-corrected chi connectivity index (χ4v) is 3.67. The van der Waals surface area contributed by atoms with Gasteiger partial charge in [-0.3, -0.25) is 14.8 Å². The standard InChI is InChI=1S/C21H21FN6O3/c1-12-17-18(21(30)24-4-5-28-6-8-31-9-7-28)15(11-23)19(25-20(17)27-26-12)14-3-2-13(29)10-16(14)22/h2-3,10,29H,4-9H2,1H3,(H,24,30)(H,25,26,27). The van der Waals surface area contributed by atoms with Crippen molar-refractivity contribution in [3.05, 3.63) is 40.8 Å². The van der Waals surface area contributed by atoms with Crippen LogP contribution in [0.3, 0.4) is 0 Å². The zero-order chi connectivity index (χ0) is 22.0. The van der Waals surface area contributed by atoms with Gasteiger partial charge in [0.15, 0.2) is 5.65 Å². The first-order valence-electron chi connectivity index (χ1n) is 9.85. The van der Waals surface area contributed by atoms with E-state index < -0.39 is 11.7 Å². The van der Waals surface area contributed by atoms with Crippen molar-refractivity contribution in [1.82, 2.24) is 25.4 Å². The maximum Gasteiger partial charge on any atom is 0.253 e. The number of nitrogens with zero attached hydrogens (tertiary/aromatic N) is 4. The lowest BCUT2D eigenvalue weighted by Gasteiger charge is -2.26. The SMILES string of the molecule is Cc1[nH]nc2nc(-c3ccc(O)cc3F)c(C#N)c(C(=O)NCCN3CCOCC3)c12. The Labute approximate surface area is 177 Å². The number of hydrogen-bond donors (Lipinski definition) is 3. The molecule has 0 atom stereocenters. The lowest BCUT2D eigenvalue weighted by molar-refractivity contribution is 0.0383. The number of halogens is 1. The van der Waals surface area contributed by atoms with Crippen LogP contribution in [0.1, 0.15) is 21.6 Å². The first kappa shape index (κ1) is 20.7. The number of hydrogen-bond acceptors (Lipinski definition) is 7. The molecular weight excluding hydrogens is 403 g/mol. The summed E-state index contributed by atoms with van der Waals surface area (Å²) in [5, 5.41) is 29.5. The molecule has 1 aliphatic heterocycles. The van der Waals surface area contributed by atoms with Crippen molar-refractivity contribution in [3.8, 4) is 23.1 Å². The first-order chi connectivity index (χ1) is 15.0. The van der Waals surface area contributed by atoms with Crippen LogP contribution in [-0.2, 0) is 4.74 Å². The van der Waals surface area contributed by atoms with Crippen molar-refractivity contribution >= 4 is 16.9 Å². The summed E-state index contributed by atoms with van der Waals surface area (Å²) in [6.07, 6.45) is 0. The predicted octanol–water partition coefficient (Wildman–Crippen LogP) is 1.71. The number of aromatic nitrogens is 3. The number of phenolic OH excluding ortho intramolecular Hbond substituents is 1. The van der Waals surface area contributed by atoms with Crippen LogP contribution in [0.25, 0.3) is 22.3 Å². The minimum atomic E-state index is -0.755. The number of fused-ring (bicyclic) bond motifs is 1. The van der Waals surface area contributed by atoms with E-state index in [0.717, 1.165) is 19.2 Å². The van der Waals surface area contributed by atoms with Crippen molar-refractivity contribution in [2.45, 2.75) is 6.92 Å². The maximum absolute atomic E-state index is 14.5. The second kappa shape index (κ2) is 8.67. The normalized spacial score (nSPS) is 14.5. The molecule has 0 bridgehead atoms. The number of nitriles is 1. The highest BCUT2D eigenvalue weighted by molar-refractivity contribution is 6.10. The molecule has 31 heavy (non-hydrogen) atoms. The van der Waals surface area contributed by atoms with Gasteiger partial charge < -0.3 is 15.2 Å². The van der Waals surface area contributed by atoms with Crippen LogP contribution in [0.4, 0.5) is 4.39 Å². The van der Waals surface area contributed by atoms with Gasteiger partial charge in [-0.2, -0.15) is 10.4 Å². The van der Waals surface area contributed by atoms with Gasteiger partial charge in [0.25, 0.3) is 5.91 Å². The van der Waals surface area contributed by atoms with Crippen molar-refractivity contribution in [2.24, 2.45) is 0 Å². The lowest BCUT2D eigenvalue weighted by atomic mass is 9.97. The second-order valence-corrected chi connectivity index (χ2v) is 7.24. The molecule has 3 aromatic rings. The third-order valence-corrected chi connectivity index (χ3v) is 5.25. The number of carbonyl (C=O) groups is 1. The van der Waals surface area contributed by atoms with Crippen molar-refractivity contribution in [3.63, 3.8) is 0 Å². The predicted molar refractivity (Wildman–Crippen MR) is 110 cm³/mol. The molecule has 9 nitrogen and oxygen atoms in total. The lowest BCUT2D eigenvalue weighted by Crippen LogP contribution is -2.41. The van der Waals surface area contributed by atoms with E-state index in [1.807, 2.05) is 6.07 Å². The van der Waals surface area contributed by atoms with E-state index in [2.05, 4.69) is 25.4 Å². The van der Waals surface area contributed by atoms with E-state index >= 15 is 0 Å². The van der Waals surface area contributed by atoms with Crippen LogP contribution in [0.15, 0.2) is 18.2 Å². The number of carbonyl (C=O) groups excluding carboxylic acids is 1. The molecular formula is C21H21FN6O3. The number of amides is 1. The van der Waals surface area contributed by atoms with Crippen LogP contribution in [0.2, 0.25) is 0 Å². The van der Waals surface area contributed by atoms with Gasteiger partial charge in [0.2, 0.25) is 0 Å². The molecule has 1 aromatic carbocycles. The van der Waals surface area contributed by atoms with E-state index in [-0.39, 0.29) is 33.8 Å². The zero-order valence-electron chi connectivity index (χ0n) is 16.9. The van der Waals surface area contributed by atoms with Gasteiger partial charge in [-0.05, 0) is 19.1 Å². The monoisotopic (exact) mass is 424 g/mol. The minimum absolute atomic E-state index is 0.000676. The van der Waals surface area contributed by atoms with Crippen LogP contribution < -0.4 is 5.32 Å². The van der Waals surface area contributed by atoms with Crippen molar-refractivity contribution < 1.29 is 19.0 Å². The van der Waals surface area contributed by atoms with Crippen molar-refractivity contribution in [2.75, 3.05) is 39.4 Å². The Morgan fingerprint density at radius 2 is 2.19 bits per heavy atom. The van der Waals surface area contributed by atoms with Gasteiger partial charge in [-0.15, -0.1) is 0 Å². The Hall–Kier alpha value is -3.55. The number of rotatable bonds is 5. The number of benzene rings is 1. The topological polar surface area (TPSA) is 127 Å². The number of H-pyrrole nitrogens is 1. The number of aromatic amines is 1. The molecule has 0 spiro atoms. The van der Waals surface area contributed by atoms with Gasteiger partial charge >= 0.3 is 0 Å². The summed E-state index contributed by atoms with van der Waals surface area (Å²) in [5.41, 5.74) is 0.831. The van der Waals surface area contributed by atoms with Crippen LogP contribution >= 0.6 is 0 Å². The van der Waals surface area contributed by atoms with E-state index in [4.69, 9.17) is 4.74 Å². The van der Waals surface area contributed by atoms with Gasteiger partial charge in [-0.25, -0.2) is 9.37 Å². The largest absolute Gasteiger partial charge is 0.508 e. The summed E-state index contributed by atoms with van der Waals surface area (Å²) in [5.74, 6) is -1.46. The molecule has 10 heteroatoms. The number of aromatic hydroxyl groups is 1. The highest BCUT2D eigenvalue weighted by Gasteiger charge is 2.26. The molecule has 0 aliphatic carbocycles. The van der Waals surface area contributed by atoms with Gasteiger partial charge in [0, 0.05) is 43.5 Å². The second-order valence-electron chi connectivity index (χ2n) is 7.24. The molecule has 1 aliphatic rings. The molecule has 0 radical (unpaired) electrons. The van der Waals surface area contributed by atoms with E-state index in [1.54, 1.807) is 6.92 Å². The molecule has 4 rings (SSSR count). The molecule has 0 unspecified atom stereocenters. The Bertz CT molecular complexity index is 1180. The maximum atomic E-state index is 14.5. The number of morpholine rings is 1. The fraction of sp³-hybridized carbons (Fsp3) is 0.333. The summed E-state index contributed by atoms with van der Waals surface area (Å²) in [6, 6.07) is 5.56. The number of pyridine rings is 1. The minimum Gasteiger partial charge on any atom is -0.508 e. The Balaban J connectivity index is 1.73. The molecule has 160 valence electrons. The summed E-state index contributed by atoms with van der Waals surface area (Å²) >= 11 is 0. The average Bonchev–Trinajstić information content (AvgIpc) is 3.13. The van der Waals surface area contributed by atoms with Gasteiger partial charge in [0.05, 0.1) is 35.4 Å². The molecule has 1 fully saturated rings. The van der Waals surface area contributed by atoms with E-state index in [9.17, 15) is 19.6 Å². The number of phenols is 1. The van der Waals surface area contributed by atoms with E-state index in [1.165, 1.54) is 12.1 Å². The fourth-order valence-electron chi connectivity index (χ4n) is 3.67.